The van der Waals surface area contributed by atoms with E-state index in [1.807, 2.05) is 0 Å². The maximum Gasteiger partial charge on any atom is 0.343 e. The van der Waals surface area contributed by atoms with Gasteiger partial charge in [0.1, 0.15) is 5.56 Å². The summed E-state index contributed by atoms with van der Waals surface area (Å²) in [5.74, 6) is -0.616. The molecule has 6 nitrogen and oxygen atoms in total. The van der Waals surface area contributed by atoms with Crippen LogP contribution in [-0.2, 0) is 11.8 Å². The summed E-state index contributed by atoms with van der Waals surface area (Å²) in [6, 6.07) is 1.50. The molecular weight excluding hydrogens is 234 g/mol. The quantitative estimate of drug-likeness (QED) is 0.734. The number of esters is 1. The summed E-state index contributed by atoms with van der Waals surface area (Å²) in [7, 11) is 1.60. The van der Waals surface area contributed by atoms with Crippen molar-refractivity contribution in [2.24, 2.45) is 7.05 Å². The fraction of sp³-hybridized carbons (Fsp3) is 0.333. The van der Waals surface area contributed by atoms with Crippen molar-refractivity contribution in [2.45, 2.75) is 13.8 Å². The molecule has 2 aromatic heterocycles. The van der Waals surface area contributed by atoms with Gasteiger partial charge in [-0.2, -0.15) is 10.2 Å². The van der Waals surface area contributed by atoms with Gasteiger partial charge in [0.2, 0.25) is 0 Å². The highest BCUT2D eigenvalue weighted by Crippen LogP contribution is 2.14. The third-order valence-electron chi connectivity index (χ3n) is 2.69. The topological polar surface area (TPSA) is 74.1 Å². The number of nitrogens with zero attached hydrogens (tertiary/aromatic N) is 3. The molecule has 0 spiro atoms. The van der Waals surface area contributed by atoms with Crippen LogP contribution in [-0.4, -0.2) is 27.3 Å². The minimum Gasteiger partial charge on any atom is -0.462 e. The molecule has 0 bridgehead atoms. The Morgan fingerprint density at radius 3 is 2.89 bits per heavy atom. The zero-order valence-corrected chi connectivity index (χ0v) is 10.4. The van der Waals surface area contributed by atoms with Crippen LogP contribution in [0.15, 0.2) is 17.1 Å². The number of fused-ring (bicyclic) bond motifs is 1. The number of ether oxygens (including phenoxy) is 1. The Morgan fingerprint density at radius 2 is 2.22 bits per heavy atom. The molecule has 6 heteroatoms. The third kappa shape index (κ3) is 1.85. The van der Waals surface area contributed by atoms with E-state index in [4.69, 9.17) is 4.74 Å². The zero-order valence-electron chi connectivity index (χ0n) is 10.4. The Bertz CT molecular complexity index is 676. The Hall–Kier alpha value is -2.24. The lowest BCUT2D eigenvalue weighted by molar-refractivity contribution is 0.0524. The number of aromatic nitrogens is 3. The predicted molar refractivity (Wildman–Crippen MR) is 65.5 cm³/mol. The van der Waals surface area contributed by atoms with E-state index in [2.05, 4.69) is 10.2 Å². The Labute approximate surface area is 103 Å². The van der Waals surface area contributed by atoms with Gasteiger partial charge in [-0.3, -0.25) is 4.79 Å². The molecule has 0 N–H and O–H groups in total. The Kier molecular flexibility index (Phi) is 3.10. The molecule has 0 atom stereocenters. The van der Waals surface area contributed by atoms with Gasteiger partial charge in [-0.1, -0.05) is 0 Å². The number of hydrogen-bond donors (Lipinski definition) is 0. The fourth-order valence-corrected chi connectivity index (χ4v) is 1.89. The first kappa shape index (κ1) is 12.2. The molecule has 2 aromatic rings. The SMILES string of the molecule is CCOC(=O)c1cc2cnnc(C)c2n(C)c1=O. The number of rotatable bonds is 2. The van der Waals surface area contributed by atoms with Crippen molar-refractivity contribution in [3.8, 4) is 0 Å². The van der Waals surface area contributed by atoms with Crippen LogP contribution in [0, 0.1) is 6.92 Å². The first-order valence-corrected chi connectivity index (χ1v) is 5.55. The summed E-state index contributed by atoms with van der Waals surface area (Å²) in [6.07, 6.45) is 1.52. The summed E-state index contributed by atoms with van der Waals surface area (Å²) in [5.41, 5.74) is 0.932. The van der Waals surface area contributed by atoms with Crippen LogP contribution in [0.5, 0.6) is 0 Å². The average Bonchev–Trinajstić information content (AvgIpc) is 2.33. The van der Waals surface area contributed by atoms with E-state index in [0.717, 1.165) is 0 Å². The van der Waals surface area contributed by atoms with Crippen LogP contribution in [0.2, 0.25) is 0 Å². The molecule has 0 aliphatic heterocycles. The van der Waals surface area contributed by atoms with Crippen LogP contribution in [0.3, 0.4) is 0 Å². The van der Waals surface area contributed by atoms with Gasteiger partial charge in [0.25, 0.3) is 5.56 Å². The normalized spacial score (nSPS) is 10.6. The molecule has 0 unspecified atom stereocenters. The molecule has 2 rings (SSSR count). The van der Waals surface area contributed by atoms with E-state index in [9.17, 15) is 9.59 Å². The molecular formula is C12H13N3O3. The van der Waals surface area contributed by atoms with Gasteiger partial charge < -0.3 is 9.30 Å². The van der Waals surface area contributed by atoms with E-state index in [-0.39, 0.29) is 12.2 Å². The minimum atomic E-state index is -0.616. The van der Waals surface area contributed by atoms with Crippen molar-refractivity contribution < 1.29 is 9.53 Å². The Morgan fingerprint density at radius 1 is 1.50 bits per heavy atom. The van der Waals surface area contributed by atoms with Crippen molar-refractivity contribution >= 4 is 16.9 Å². The van der Waals surface area contributed by atoms with Crippen LogP contribution in [0.25, 0.3) is 10.9 Å². The van der Waals surface area contributed by atoms with Gasteiger partial charge >= 0.3 is 5.97 Å². The second-order valence-corrected chi connectivity index (χ2v) is 3.88. The van der Waals surface area contributed by atoms with Crippen molar-refractivity contribution in [3.05, 3.63) is 33.9 Å². The van der Waals surface area contributed by atoms with Gasteiger partial charge in [0, 0.05) is 12.4 Å². The largest absolute Gasteiger partial charge is 0.462 e. The predicted octanol–water partition coefficient (Wildman–Crippen LogP) is 0.814. The van der Waals surface area contributed by atoms with Crippen molar-refractivity contribution in [3.63, 3.8) is 0 Å². The molecule has 18 heavy (non-hydrogen) atoms. The zero-order chi connectivity index (χ0) is 13.3. The fourth-order valence-electron chi connectivity index (χ4n) is 1.89. The number of pyridine rings is 1. The number of hydrogen-bond acceptors (Lipinski definition) is 5. The lowest BCUT2D eigenvalue weighted by atomic mass is 10.2. The second-order valence-electron chi connectivity index (χ2n) is 3.88. The second kappa shape index (κ2) is 4.56. The molecule has 0 radical (unpaired) electrons. The highest BCUT2D eigenvalue weighted by Gasteiger charge is 2.16. The lowest BCUT2D eigenvalue weighted by Crippen LogP contribution is -2.26. The summed E-state index contributed by atoms with van der Waals surface area (Å²) >= 11 is 0. The smallest absolute Gasteiger partial charge is 0.343 e. The minimum absolute atomic E-state index is 0.0132. The molecule has 0 saturated carbocycles. The van der Waals surface area contributed by atoms with Gasteiger partial charge in [-0.15, -0.1) is 0 Å². The average molecular weight is 247 g/mol. The number of aryl methyl sites for hydroxylation is 2. The van der Waals surface area contributed by atoms with Crippen LogP contribution in [0.4, 0.5) is 0 Å². The molecule has 0 fully saturated rings. The summed E-state index contributed by atoms with van der Waals surface area (Å²) in [6.45, 7) is 3.69. The van der Waals surface area contributed by atoms with Crippen molar-refractivity contribution in [1.29, 1.82) is 0 Å². The van der Waals surface area contributed by atoms with Gasteiger partial charge in [-0.05, 0) is 19.9 Å². The first-order chi connectivity index (χ1) is 8.56. The van der Waals surface area contributed by atoms with E-state index in [0.29, 0.717) is 16.6 Å². The van der Waals surface area contributed by atoms with E-state index < -0.39 is 11.5 Å². The molecule has 2 heterocycles. The summed E-state index contributed by atoms with van der Waals surface area (Å²) < 4.78 is 6.25. The lowest BCUT2D eigenvalue weighted by Gasteiger charge is -2.09. The molecule has 94 valence electrons. The maximum absolute atomic E-state index is 12.1. The highest BCUT2D eigenvalue weighted by molar-refractivity contribution is 5.93. The summed E-state index contributed by atoms with van der Waals surface area (Å²) in [4.78, 5) is 23.7. The van der Waals surface area contributed by atoms with Crippen LogP contribution >= 0.6 is 0 Å². The van der Waals surface area contributed by atoms with E-state index in [1.165, 1.54) is 16.8 Å². The third-order valence-corrected chi connectivity index (χ3v) is 2.69. The molecule has 0 aliphatic carbocycles. The molecule has 0 saturated heterocycles. The van der Waals surface area contributed by atoms with E-state index >= 15 is 0 Å². The number of carbonyl (C=O) groups is 1. The van der Waals surface area contributed by atoms with Crippen LogP contribution < -0.4 is 5.56 Å². The molecule has 0 aliphatic rings. The number of carbonyl (C=O) groups excluding carboxylic acids is 1. The van der Waals surface area contributed by atoms with Crippen LogP contribution in [0.1, 0.15) is 23.0 Å². The summed E-state index contributed by atoms with van der Waals surface area (Å²) in [5, 5.41) is 8.39. The van der Waals surface area contributed by atoms with Gasteiger partial charge in [0.05, 0.1) is 24.0 Å². The van der Waals surface area contributed by atoms with Gasteiger partial charge in [-0.25, -0.2) is 4.79 Å². The van der Waals surface area contributed by atoms with Crippen molar-refractivity contribution in [2.75, 3.05) is 6.61 Å². The highest BCUT2D eigenvalue weighted by atomic mass is 16.5. The van der Waals surface area contributed by atoms with Crippen molar-refractivity contribution in [1.82, 2.24) is 14.8 Å². The standard InChI is InChI=1S/C12H13N3O3/c1-4-18-12(17)9-5-8-6-13-14-7(2)10(8)15(3)11(9)16/h5-6H,4H2,1-3H3. The Balaban J connectivity index is 2.76. The van der Waals surface area contributed by atoms with Gasteiger partial charge in [0.15, 0.2) is 0 Å². The van der Waals surface area contributed by atoms with E-state index in [1.54, 1.807) is 20.9 Å². The first-order valence-electron chi connectivity index (χ1n) is 5.55. The monoisotopic (exact) mass is 247 g/mol. The molecule has 0 amide bonds. The maximum atomic E-state index is 12.1. The molecule has 0 aromatic carbocycles.